The Morgan fingerprint density at radius 2 is 1.84 bits per heavy atom. The highest BCUT2D eigenvalue weighted by molar-refractivity contribution is 5.88. The molecule has 3 N–H and O–H groups in total. The van der Waals surface area contributed by atoms with Gasteiger partial charge in [-0.05, 0) is 42.7 Å². The van der Waals surface area contributed by atoms with Crippen molar-refractivity contribution in [2.75, 3.05) is 6.54 Å². The van der Waals surface area contributed by atoms with Gasteiger partial charge in [-0.3, -0.25) is 4.79 Å². The van der Waals surface area contributed by atoms with Crippen LogP contribution in [0.5, 0.6) is 0 Å². The van der Waals surface area contributed by atoms with E-state index in [2.05, 4.69) is 43.4 Å². The molecule has 0 bridgehead atoms. The van der Waals surface area contributed by atoms with Gasteiger partial charge in [0.2, 0.25) is 5.91 Å². The van der Waals surface area contributed by atoms with Crippen LogP contribution < -0.4 is 11.1 Å². The molecule has 2 rings (SSSR count). The molecule has 0 atom stereocenters. The van der Waals surface area contributed by atoms with Gasteiger partial charge in [-0.2, -0.15) is 0 Å². The predicted octanol–water partition coefficient (Wildman–Crippen LogP) is 2.04. The lowest BCUT2D eigenvalue weighted by atomic mass is 10.0. The zero-order chi connectivity index (χ0) is 13.9. The van der Waals surface area contributed by atoms with Crippen molar-refractivity contribution in [2.45, 2.75) is 45.1 Å². The van der Waals surface area contributed by atoms with Crippen LogP contribution in [0.2, 0.25) is 0 Å². The van der Waals surface area contributed by atoms with Gasteiger partial charge in [0.1, 0.15) is 0 Å². The third-order valence-electron chi connectivity index (χ3n) is 3.61. The van der Waals surface area contributed by atoms with Gasteiger partial charge in [0.25, 0.3) is 0 Å². The summed E-state index contributed by atoms with van der Waals surface area (Å²) in [7, 11) is 0. The number of carbonyl (C=O) groups is 1. The van der Waals surface area contributed by atoms with Gasteiger partial charge in [0.05, 0.1) is 5.54 Å². The zero-order valence-corrected chi connectivity index (χ0v) is 11.9. The van der Waals surface area contributed by atoms with Gasteiger partial charge in [-0.15, -0.1) is 0 Å². The summed E-state index contributed by atoms with van der Waals surface area (Å²) < 4.78 is 0. The molecule has 1 aliphatic rings. The minimum atomic E-state index is -0.554. The Morgan fingerprint density at radius 1 is 1.26 bits per heavy atom. The van der Waals surface area contributed by atoms with Crippen LogP contribution in [0.25, 0.3) is 0 Å². The Kier molecular flexibility index (Phi) is 4.25. The first-order valence-electron chi connectivity index (χ1n) is 7.14. The minimum absolute atomic E-state index is 0.00364. The van der Waals surface area contributed by atoms with Gasteiger partial charge in [-0.1, -0.05) is 38.1 Å². The number of carbonyl (C=O) groups excluding carboxylic acids is 1. The van der Waals surface area contributed by atoms with E-state index in [9.17, 15) is 4.79 Å². The van der Waals surface area contributed by atoms with Crippen molar-refractivity contribution in [3.05, 3.63) is 35.4 Å². The molecule has 3 nitrogen and oxygen atoms in total. The second kappa shape index (κ2) is 5.74. The number of amides is 1. The summed E-state index contributed by atoms with van der Waals surface area (Å²) in [5.41, 5.74) is 7.90. The maximum Gasteiger partial charge on any atom is 0.240 e. The van der Waals surface area contributed by atoms with Crippen LogP contribution in [0.1, 0.15) is 37.8 Å². The summed E-state index contributed by atoms with van der Waals surface area (Å²) in [4.78, 5) is 11.7. The highest BCUT2D eigenvalue weighted by atomic mass is 16.2. The number of benzene rings is 1. The summed E-state index contributed by atoms with van der Waals surface area (Å²) in [6, 6.07) is 8.67. The van der Waals surface area contributed by atoms with Crippen molar-refractivity contribution in [1.82, 2.24) is 5.32 Å². The Labute approximate surface area is 115 Å². The van der Waals surface area contributed by atoms with Crippen molar-refractivity contribution >= 4 is 5.91 Å². The van der Waals surface area contributed by atoms with Crippen LogP contribution in [0.4, 0.5) is 0 Å². The quantitative estimate of drug-likeness (QED) is 0.822. The average molecular weight is 260 g/mol. The molecule has 3 heteroatoms. The molecular weight excluding hydrogens is 236 g/mol. The van der Waals surface area contributed by atoms with Crippen LogP contribution in [-0.2, 0) is 17.6 Å². The molecule has 0 aromatic heterocycles. The summed E-state index contributed by atoms with van der Waals surface area (Å²) in [6.45, 7) is 5.12. The molecule has 0 radical (unpaired) electrons. The zero-order valence-electron chi connectivity index (χ0n) is 11.9. The maximum atomic E-state index is 11.7. The predicted molar refractivity (Wildman–Crippen MR) is 77.9 cm³/mol. The van der Waals surface area contributed by atoms with Gasteiger partial charge >= 0.3 is 0 Å². The summed E-state index contributed by atoms with van der Waals surface area (Å²) in [6.07, 6.45) is 3.63. The fourth-order valence-corrected chi connectivity index (χ4v) is 2.17. The van der Waals surface area contributed by atoms with Crippen molar-refractivity contribution in [2.24, 2.45) is 11.7 Å². The van der Waals surface area contributed by atoms with Gasteiger partial charge in [0.15, 0.2) is 0 Å². The third-order valence-corrected chi connectivity index (χ3v) is 3.61. The molecule has 0 aliphatic heterocycles. The first kappa shape index (κ1) is 14.1. The molecular formula is C16H24N2O. The second-order valence-corrected chi connectivity index (χ2v) is 6.08. The van der Waals surface area contributed by atoms with E-state index >= 15 is 0 Å². The summed E-state index contributed by atoms with van der Waals surface area (Å²) in [5, 5.41) is 2.92. The van der Waals surface area contributed by atoms with E-state index in [1.165, 1.54) is 11.1 Å². The lowest BCUT2D eigenvalue weighted by molar-refractivity contribution is -0.123. The lowest BCUT2D eigenvalue weighted by Gasteiger charge is -2.10. The molecule has 1 aromatic carbocycles. The van der Waals surface area contributed by atoms with Crippen LogP contribution in [0.3, 0.4) is 0 Å². The Bertz CT molecular complexity index is 433. The van der Waals surface area contributed by atoms with Crippen molar-refractivity contribution in [1.29, 1.82) is 0 Å². The van der Waals surface area contributed by atoms with Crippen molar-refractivity contribution in [3.63, 3.8) is 0 Å². The highest BCUT2D eigenvalue weighted by Crippen LogP contribution is 2.31. The molecule has 104 valence electrons. The lowest BCUT2D eigenvalue weighted by Crippen LogP contribution is -2.43. The Balaban J connectivity index is 1.75. The van der Waals surface area contributed by atoms with Crippen molar-refractivity contribution < 1.29 is 4.79 Å². The maximum absolute atomic E-state index is 11.7. The summed E-state index contributed by atoms with van der Waals surface area (Å²) >= 11 is 0. The summed E-state index contributed by atoms with van der Waals surface area (Å²) in [5.74, 6) is 0.688. The normalized spacial score (nSPS) is 16.4. The van der Waals surface area contributed by atoms with Crippen LogP contribution in [0, 0.1) is 5.92 Å². The van der Waals surface area contributed by atoms with Crippen molar-refractivity contribution in [3.8, 4) is 0 Å². The first-order chi connectivity index (χ1) is 8.99. The number of hydrogen-bond acceptors (Lipinski definition) is 2. The molecule has 1 aliphatic carbocycles. The van der Waals surface area contributed by atoms with Gasteiger partial charge in [0, 0.05) is 6.54 Å². The van der Waals surface area contributed by atoms with E-state index in [-0.39, 0.29) is 5.91 Å². The van der Waals surface area contributed by atoms with Gasteiger partial charge in [-0.25, -0.2) is 0 Å². The molecule has 1 fully saturated rings. The van der Waals surface area contributed by atoms with E-state index < -0.39 is 5.54 Å². The van der Waals surface area contributed by atoms with E-state index in [4.69, 9.17) is 5.73 Å². The van der Waals surface area contributed by atoms with Crippen LogP contribution in [0.15, 0.2) is 24.3 Å². The standard InChI is InChI=1S/C16H24N2O/c1-12(2)11-14-5-3-13(4-6-14)7-10-18-15(19)16(17)8-9-16/h3-6,12H,7-11,17H2,1-2H3,(H,18,19). The molecule has 0 saturated heterocycles. The number of hydrogen-bond donors (Lipinski definition) is 2. The number of nitrogens with two attached hydrogens (primary N) is 1. The number of nitrogens with one attached hydrogen (secondary N) is 1. The molecule has 1 aromatic rings. The van der Waals surface area contributed by atoms with E-state index in [1.807, 2.05) is 0 Å². The minimum Gasteiger partial charge on any atom is -0.354 e. The molecule has 0 heterocycles. The Hall–Kier alpha value is -1.35. The van der Waals surface area contributed by atoms with E-state index in [0.717, 1.165) is 25.7 Å². The number of rotatable bonds is 6. The fraction of sp³-hybridized carbons (Fsp3) is 0.562. The first-order valence-corrected chi connectivity index (χ1v) is 7.14. The average Bonchev–Trinajstić information content (AvgIpc) is 3.10. The topological polar surface area (TPSA) is 55.1 Å². The van der Waals surface area contributed by atoms with Crippen LogP contribution in [-0.4, -0.2) is 18.0 Å². The molecule has 0 unspecified atom stereocenters. The molecule has 19 heavy (non-hydrogen) atoms. The second-order valence-electron chi connectivity index (χ2n) is 6.08. The third kappa shape index (κ3) is 4.06. The largest absolute Gasteiger partial charge is 0.354 e. The smallest absolute Gasteiger partial charge is 0.240 e. The van der Waals surface area contributed by atoms with E-state index in [1.54, 1.807) is 0 Å². The van der Waals surface area contributed by atoms with Gasteiger partial charge < -0.3 is 11.1 Å². The molecule has 1 amide bonds. The Morgan fingerprint density at radius 3 is 2.37 bits per heavy atom. The van der Waals surface area contributed by atoms with Crippen LogP contribution >= 0.6 is 0 Å². The van der Waals surface area contributed by atoms with E-state index in [0.29, 0.717) is 12.5 Å². The SMILES string of the molecule is CC(C)Cc1ccc(CCNC(=O)C2(N)CC2)cc1. The highest BCUT2D eigenvalue weighted by Gasteiger charge is 2.45. The monoisotopic (exact) mass is 260 g/mol. The molecule has 0 spiro atoms. The fourth-order valence-electron chi connectivity index (χ4n) is 2.17. The molecule has 1 saturated carbocycles.